The molecule has 0 unspecified atom stereocenters. The highest BCUT2D eigenvalue weighted by molar-refractivity contribution is 6.33. The molecular formula is C20H12ClF4N7. The number of rotatable bonds is 4. The zero-order valence-electron chi connectivity index (χ0n) is 16.0. The van der Waals surface area contributed by atoms with Crippen LogP contribution in [0.2, 0.25) is 5.15 Å². The first-order valence-corrected chi connectivity index (χ1v) is 9.65. The Morgan fingerprint density at radius 2 is 1.88 bits per heavy atom. The Kier molecular flexibility index (Phi) is 4.89. The summed E-state index contributed by atoms with van der Waals surface area (Å²) in [6.07, 6.45) is 0.305. The molecule has 0 fully saturated rings. The lowest BCUT2D eigenvalue weighted by molar-refractivity contribution is 0.122. The van der Waals surface area contributed by atoms with Crippen LogP contribution in [0, 0.1) is 11.6 Å². The number of H-pyrrole nitrogens is 1. The number of hydrogen-bond acceptors (Lipinski definition) is 5. The summed E-state index contributed by atoms with van der Waals surface area (Å²) in [6.45, 7) is -0.543. The van der Waals surface area contributed by atoms with E-state index in [1.54, 1.807) is 12.1 Å². The predicted molar refractivity (Wildman–Crippen MR) is 110 cm³/mol. The summed E-state index contributed by atoms with van der Waals surface area (Å²) in [4.78, 5) is 8.63. The normalized spacial score (nSPS) is 12.8. The first kappa shape index (κ1) is 20.2. The van der Waals surface area contributed by atoms with E-state index >= 15 is 0 Å². The number of pyridine rings is 1. The molecule has 0 aliphatic carbocycles. The number of aliphatic imine (C=N–C) groups is 1. The van der Waals surface area contributed by atoms with Gasteiger partial charge in [0.25, 0.3) is 6.43 Å². The van der Waals surface area contributed by atoms with Crippen molar-refractivity contribution in [2.24, 2.45) is 4.99 Å². The molecule has 0 spiro atoms. The lowest BCUT2D eigenvalue weighted by Gasteiger charge is -2.12. The molecule has 0 saturated carbocycles. The van der Waals surface area contributed by atoms with Crippen molar-refractivity contribution in [3.63, 3.8) is 0 Å². The highest BCUT2D eigenvalue weighted by atomic mass is 35.5. The molecule has 1 aliphatic rings. The summed E-state index contributed by atoms with van der Waals surface area (Å²) in [5, 5.41) is 13.7. The van der Waals surface area contributed by atoms with E-state index in [0.29, 0.717) is 28.3 Å². The molecule has 0 atom stereocenters. The number of alkyl halides is 2. The molecule has 0 saturated heterocycles. The van der Waals surface area contributed by atoms with Crippen LogP contribution < -0.4 is 5.32 Å². The third-order valence-electron chi connectivity index (χ3n) is 4.78. The number of benzene rings is 1. The molecule has 1 aromatic carbocycles. The molecule has 0 radical (unpaired) electrons. The van der Waals surface area contributed by atoms with E-state index in [9.17, 15) is 17.6 Å². The fourth-order valence-electron chi connectivity index (χ4n) is 3.36. The van der Waals surface area contributed by atoms with Gasteiger partial charge in [-0.2, -0.15) is 10.2 Å². The van der Waals surface area contributed by atoms with E-state index in [-0.39, 0.29) is 22.2 Å². The van der Waals surface area contributed by atoms with Gasteiger partial charge in [0.05, 0.1) is 28.8 Å². The summed E-state index contributed by atoms with van der Waals surface area (Å²) >= 11 is 6.17. The monoisotopic (exact) mass is 461 g/mol. The summed E-state index contributed by atoms with van der Waals surface area (Å²) in [6, 6.07) is 6.66. The Morgan fingerprint density at radius 1 is 1.09 bits per heavy atom. The minimum Gasteiger partial charge on any atom is -0.338 e. The molecule has 7 nitrogen and oxygen atoms in total. The number of amidine groups is 1. The first-order valence-electron chi connectivity index (χ1n) is 9.27. The summed E-state index contributed by atoms with van der Waals surface area (Å²) in [5.74, 6) is -1.73. The molecule has 12 heteroatoms. The molecule has 0 bridgehead atoms. The highest BCUT2D eigenvalue weighted by Crippen LogP contribution is 2.41. The number of anilines is 1. The van der Waals surface area contributed by atoms with Gasteiger partial charge in [-0.25, -0.2) is 22.6 Å². The van der Waals surface area contributed by atoms with E-state index in [0.717, 1.165) is 16.8 Å². The van der Waals surface area contributed by atoms with Gasteiger partial charge < -0.3 is 5.32 Å². The van der Waals surface area contributed by atoms with Crippen LogP contribution in [0.1, 0.15) is 5.56 Å². The fourth-order valence-corrected chi connectivity index (χ4v) is 3.54. The zero-order chi connectivity index (χ0) is 22.4. The molecule has 162 valence electrons. The van der Waals surface area contributed by atoms with Crippen molar-refractivity contribution in [2.45, 2.75) is 13.0 Å². The average Bonchev–Trinajstić information content (AvgIpc) is 3.30. The van der Waals surface area contributed by atoms with Crippen LogP contribution >= 0.6 is 11.6 Å². The quantitative estimate of drug-likeness (QED) is 0.417. The van der Waals surface area contributed by atoms with Crippen LogP contribution in [0.3, 0.4) is 0 Å². The molecule has 2 N–H and O–H groups in total. The fraction of sp³-hybridized carbons (Fsp3) is 0.100. The SMILES string of the molecule is Fc1cccc(F)c1C1=Nc2c(Cl)n[nH]c2-c2cc(-c3ccn(CC(F)F)n3)ncc2N1. The Hall–Kier alpha value is -3.73. The predicted octanol–water partition coefficient (Wildman–Crippen LogP) is 5.04. The van der Waals surface area contributed by atoms with Crippen LogP contribution in [0.4, 0.5) is 28.9 Å². The minimum atomic E-state index is -2.55. The Balaban J connectivity index is 1.63. The van der Waals surface area contributed by atoms with Gasteiger partial charge in [-0.3, -0.25) is 14.8 Å². The minimum absolute atomic E-state index is 0.00321. The van der Waals surface area contributed by atoms with Crippen molar-refractivity contribution in [1.29, 1.82) is 0 Å². The Labute approximate surface area is 182 Å². The number of nitrogens with zero attached hydrogens (tertiary/aromatic N) is 5. The van der Waals surface area contributed by atoms with E-state index < -0.39 is 24.6 Å². The van der Waals surface area contributed by atoms with E-state index in [4.69, 9.17) is 11.6 Å². The summed E-state index contributed by atoms with van der Waals surface area (Å²) < 4.78 is 55.2. The molecule has 3 aromatic heterocycles. The molecule has 4 aromatic rings. The second kappa shape index (κ2) is 7.75. The van der Waals surface area contributed by atoms with Crippen molar-refractivity contribution in [3.05, 3.63) is 65.1 Å². The molecule has 0 amide bonds. The van der Waals surface area contributed by atoms with Crippen molar-refractivity contribution in [1.82, 2.24) is 25.0 Å². The van der Waals surface area contributed by atoms with Gasteiger partial charge in [-0.1, -0.05) is 17.7 Å². The molecule has 5 rings (SSSR count). The maximum absolute atomic E-state index is 14.4. The number of aromatic amines is 1. The average molecular weight is 462 g/mol. The lowest BCUT2D eigenvalue weighted by atomic mass is 10.1. The Bertz CT molecular complexity index is 1340. The van der Waals surface area contributed by atoms with Gasteiger partial charge in [0.2, 0.25) is 0 Å². The number of fused-ring (bicyclic) bond motifs is 3. The highest BCUT2D eigenvalue weighted by Gasteiger charge is 2.26. The number of hydrogen-bond donors (Lipinski definition) is 2. The third-order valence-corrected chi connectivity index (χ3v) is 5.04. The van der Waals surface area contributed by atoms with Crippen molar-refractivity contribution in [2.75, 3.05) is 5.32 Å². The molecular weight excluding hydrogens is 450 g/mol. The second-order valence-electron chi connectivity index (χ2n) is 6.85. The molecule has 4 heterocycles. The van der Waals surface area contributed by atoms with Gasteiger partial charge >= 0.3 is 0 Å². The van der Waals surface area contributed by atoms with E-state index in [2.05, 4.69) is 30.6 Å². The van der Waals surface area contributed by atoms with Crippen molar-refractivity contribution >= 4 is 28.8 Å². The molecule has 32 heavy (non-hydrogen) atoms. The van der Waals surface area contributed by atoms with Crippen LogP contribution in [-0.4, -0.2) is 37.2 Å². The van der Waals surface area contributed by atoms with E-state index in [1.165, 1.54) is 18.5 Å². The smallest absolute Gasteiger partial charge is 0.257 e. The number of halogens is 5. The number of nitrogens with one attached hydrogen (secondary N) is 2. The van der Waals surface area contributed by atoms with Gasteiger partial charge in [-0.15, -0.1) is 0 Å². The van der Waals surface area contributed by atoms with E-state index in [1.807, 2.05) is 0 Å². The Morgan fingerprint density at radius 3 is 2.62 bits per heavy atom. The van der Waals surface area contributed by atoms with Gasteiger partial charge in [-0.05, 0) is 24.3 Å². The maximum atomic E-state index is 14.4. The van der Waals surface area contributed by atoms with Gasteiger partial charge in [0.1, 0.15) is 35.4 Å². The summed E-state index contributed by atoms with van der Waals surface area (Å²) in [7, 11) is 0. The van der Waals surface area contributed by atoms with Crippen LogP contribution in [0.25, 0.3) is 22.6 Å². The van der Waals surface area contributed by atoms with Crippen LogP contribution in [0.15, 0.2) is 47.7 Å². The summed E-state index contributed by atoms with van der Waals surface area (Å²) in [5.41, 5.74) is 1.83. The standard InChI is InChI=1S/C20H12ClF4N7/c21-19-18-17(29-30-19)9-6-13(12-4-5-32(31-12)8-15(24)25)26-7-14(9)27-20(28-18)16-10(22)2-1-3-11(16)23/h1-7,15H,8H2,(H,27,28)(H,29,30). The topological polar surface area (TPSA) is 83.8 Å². The largest absolute Gasteiger partial charge is 0.338 e. The van der Waals surface area contributed by atoms with Crippen molar-refractivity contribution in [3.8, 4) is 22.6 Å². The first-order chi connectivity index (χ1) is 15.4. The maximum Gasteiger partial charge on any atom is 0.257 e. The van der Waals surface area contributed by atoms with Gasteiger partial charge in [0.15, 0.2) is 5.15 Å². The van der Waals surface area contributed by atoms with Crippen molar-refractivity contribution < 1.29 is 17.6 Å². The molecule has 1 aliphatic heterocycles. The number of aromatic nitrogens is 5. The van der Waals surface area contributed by atoms with Gasteiger partial charge in [0, 0.05) is 11.8 Å². The van der Waals surface area contributed by atoms with Crippen LogP contribution in [0.5, 0.6) is 0 Å². The second-order valence-corrected chi connectivity index (χ2v) is 7.21. The zero-order valence-corrected chi connectivity index (χ0v) is 16.7. The third kappa shape index (κ3) is 3.50. The van der Waals surface area contributed by atoms with Crippen LogP contribution in [-0.2, 0) is 6.54 Å². The lowest BCUT2D eigenvalue weighted by Crippen LogP contribution is -2.17.